The van der Waals surface area contributed by atoms with E-state index in [0.717, 1.165) is 5.69 Å². The minimum atomic E-state index is -1.65. The highest BCUT2D eigenvalue weighted by molar-refractivity contribution is 5.67. The molecule has 0 spiro atoms. The monoisotopic (exact) mass is 428 g/mol. The van der Waals surface area contributed by atoms with Crippen LogP contribution in [0.3, 0.4) is 0 Å². The topological polar surface area (TPSA) is 127 Å². The first-order chi connectivity index (χ1) is 15.7. The Bertz CT molecular complexity index is 1310. The summed E-state index contributed by atoms with van der Waals surface area (Å²) < 4.78 is 7.47. The van der Waals surface area contributed by atoms with Gasteiger partial charge in [-0.05, 0) is 28.5 Å². The highest BCUT2D eigenvalue weighted by Gasteiger charge is 2.41. The van der Waals surface area contributed by atoms with Gasteiger partial charge >= 0.3 is 0 Å². The van der Waals surface area contributed by atoms with Gasteiger partial charge in [-0.15, -0.1) is 5.10 Å². The summed E-state index contributed by atoms with van der Waals surface area (Å²) >= 11 is 0. The fraction of sp³-hybridized carbons (Fsp3) is 0.182. The van der Waals surface area contributed by atoms with E-state index in [0.29, 0.717) is 40.5 Å². The number of methoxy groups -OCH3 is 1. The molecule has 5 aromatic rings. The molecular weight excluding hydrogens is 408 g/mol. The van der Waals surface area contributed by atoms with Crippen LogP contribution in [0.2, 0.25) is 0 Å². The second kappa shape index (κ2) is 7.82. The first kappa shape index (κ1) is 19.8. The van der Waals surface area contributed by atoms with Gasteiger partial charge in [0.05, 0.1) is 12.7 Å². The lowest BCUT2D eigenvalue weighted by Gasteiger charge is -2.26. The predicted octanol–water partition coefficient (Wildman–Crippen LogP) is 2.16. The Labute approximate surface area is 183 Å². The van der Waals surface area contributed by atoms with Crippen molar-refractivity contribution in [1.82, 2.24) is 40.0 Å². The van der Waals surface area contributed by atoms with Crippen LogP contribution < -0.4 is 4.74 Å². The third kappa shape index (κ3) is 3.00. The number of hydrogen-bond acceptors (Lipinski definition) is 8. The first-order valence-electron chi connectivity index (χ1n) is 10.1. The largest absolute Gasteiger partial charge is 0.496 e. The number of aliphatic hydroxyl groups is 1. The van der Waals surface area contributed by atoms with E-state index in [1.807, 2.05) is 47.9 Å². The maximum Gasteiger partial charge on any atom is 0.193 e. The number of pyridine rings is 1. The lowest BCUT2D eigenvalue weighted by molar-refractivity contribution is 0.110. The lowest BCUT2D eigenvalue weighted by atomic mass is 9.87. The second-order valence-corrected chi connectivity index (χ2v) is 7.14. The Balaban J connectivity index is 1.82. The van der Waals surface area contributed by atoms with Crippen molar-refractivity contribution in [3.8, 4) is 17.1 Å². The summed E-state index contributed by atoms with van der Waals surface area (Å²) in [4.78, 5) is 13.6. The van der Waals surface area contributed by atoms with Crippen LogP contribution in [0.5, 0.6) is 5.75 Å². The van der Waals surface area contributed by atoms with Gasteiger partial charge in [0.15, 0.2) is 17.2 Å². The molecule has 1 aromatic carbocycles. The van der Waals surface area contributed by atoms with Crippen molar-refractivity contribution in [2.75, 3.05) is 7.11 Å². The number of aromatic amines is 1. The van der Waals surface area contributed by atoms with Crippen molar-refractivity contribution in [3.05, 3.63) is 83.8 Å². The number of benzene rings is 1. The van der Waals surface area contributed by atoms with E-state index >= 15 is 0 Å². The molecule has 0 aliphatic rings. The average Bonchev–Trinajstić information content (AvgIpc) is 3.51. The minimum absolute atomic E-state index is 0.246. The SMILES string of the molecule is CCc1c(C(O)(c2ccccc2)c2ncccn2)nc2cc(OC)c(-c3nnn[nH]3)cn12. The van der Waals surface area contributed by atoms with Gasteiger partial charge in [-0.1, -0.05) is 37.3 Å². The zero-order valence-electron chi connectivity index (χ0n) is 17.5. The molecule has 0 amide bonds. The Kier molecular flexibility index (Phi) is 4.83. The zero-order valence-corrected chi connectivity index (χ0v) is 17.5. The summed E-state index contributed by atoms with van der Waals surface area (Å²) in [5.41, 5.74) is 1.50. The molecule has 2 N–H and O–H groups in total. The maximum atomic E-state index is 12.1. The molecule has 0 bridgehead atoms. The number of H-pyrrole nitrogens is 1. The Morgan fingerprint density at radius 1 is 1.12 bits per heavy atom. The number of hydrogen-bond donors (Lipinski definition) is 2. The average molecular weight is 428 g/mol. The van der Waals surface area contributed by atoms with Crippen LogP contribution in [-0.4, -0.2) is 52.2 Å². The fourth-order valence-corrected chi connectivity index (χ4v) is 3.90. The van der Waals surface area contributed by atoms with Crippen LogP contribution in [0.15, 0.2) is 61.1 Å². The number of nitrogens with one attached hydrogen (secondary N) is 1. The molecule has 0 fully saturated rings. The van der Waals surface area contributed by atoms with Gasteiger partial charge in [0, 0.05) is 30.4 Å². The summed E-state index contributed by atoms with van der Waals surface area (Å²) in [7, 11) is 1.57. The number of ether oxygens (including phenoxy) is 1. The molecule has 1 unspecified atom stereocenters. The number of imidazole rings is 1. The van der Waals surface area contributed by atoms with Crippen molar-refractivity contribution < 1.29 is 9.84 Å². The highest BCUT2D eigenvalue weighted by Crippen LogP contribution is 2.38. The maximum absolute atomic E-state index is 12.1. The van der Waals surface area contributed by atoms with Crippen LogP contribution in [0.25, 0.3) is 17.0 Å². The van der Waals surface area contributed by atoms with E-state index in [1.54, 1.807) is 31.6 Å². The lowest BCUT2D eigenvalue weighted by Crippen LogP contribution is -2.33. The zero-order chi connectivity index (χ0) is 22.1. The Morgan fingerprint density at radius 2 is 1.91 bits per heavy atom. The molecule has 10 heteroatoms. The van der Waals surface area contributed by atoms with Crippen molar-refractivity contribution in [3.63, 3.8) is 0 Å². The van der Waals surface area contributed by atoms with Crippen molar-refractivity contribution >= 4 is 5.65 Å². The molecule has 4 heterocycles. The molecule has 0 aliphatic heterocycles. The van der Waals surface area contributed by atoms with Gasteiger partial charge < -0.3 is 14.2 Å². The predicted molar refractivity (Wildman–Crippen MR) is 115 cm³/mol. The van der Waals surface area contributed by atoms with Crippen molar-refractivity contribution in [1.29, 1.82) is 0 Å². The van der Waals surface area contributed by atoms with E-state index in [9.17, 15) is 5.11 Å². The van der Waals surface area contributed by atoms with E-state index in [2.05, 4.69) is 30.6 Å². The van der Waals surface area contributed by atoms with E-state index in [1.165, 1.54) is 0 Å². The third-order valence-corrected chi connectivity index (χ3v) is 5.40. The number of nitrogens with zero attached hydrogens (tertiary/aromatic N) is 7. The van der Waals surface area contributed by atoms with Crippen molar-refractivity contribution in [2.24, 2.45) is 0 Å². The number of fused-ring (bicyclic) bond motifs is 1. The molecule has 0 saturated carbocycles. The molecule has 0 aliphatic carbocycles. The van der Waals surface area contributed by atoms with E-state index < -0.39 is 5.60 Å². The summed E-state index contributed by atoms with van der Waals surface area (Å²) in [6.45, 7) is 2.00. The molecule has 0 radical (unpaired) electrons. The molecule has 10 nitrogen and oxygen atoms in total. The first-order valence-corrected chi connectivity index (χ1v) is 10.1. The fourth-order valence-electron chi connectivity index (χ4n) is 3.90. The summed E-state index contributed by atoms with van der Waals surface area (Å²) in [5.74, 6) is 1.26. The number of rotatable bonds is 6. The summed E-state index contributed by atoms with van der Waals surface area (Å²) in [6, 6.07) is 12.8. The van der Waals surface area contributed by atoms with Gasteiger partial charge in [-0.3, -0.25) is 0 Å². The number of aryl methyl sites for hydroxylation is 1. The number of aromatic nitrogens is 8. The van der Waals surface area contributed by atoms with Gasteiger partial charge in [-0.25, -0.2) is 20.1 Å². The molecule has 160 valence electrons. The van der Waals surface area contributed by atoms with Crippen LogP contribution in [0.4, 0.5) is 0 Å². The van der Waals surface area contributed by atoms with Crippen LogP contribution >= 0.6 is 0 Å². The van der Waals surface area contributed by atoms with Gasteiger partial charge in [0.25, 0.3) is 0 Å². The molecule has 1 atom stereocenters. The molecule has 5 rings (SSSR count). The van der Waals surface area contributed by atoms with Gasteiger partial charge in [0.1, 0.15) is 17.1 Å². The standard InChI is InChI=1S/C22H20N8O2/c1-3-16-19(22(31,14-8-5-4-6-9-14)21-23-10-7-11-24-21)25-18-12-17(32-2)15(13-30(16)18)20-26-28-29-27-20/h4-13,31H,3H2,1-2H3,(H,26,27,28,29). The van der Waals surface area contributed by atoms with E-state index in [-0.39, 0.29) is 5.82 Å². The van der Waals surface area contributed by atoms with E-state index in [4.69, 9.17) is 9.72 Å². The molecule has 0 saturated heterocycles. The third-order valence-electron chi connectivity index (χ3n) is 5.40. The van der Waals surface area contributed by atoms with Crippen LogP contribution in [0.1, 0.15) is 29.7 Å². The molecular formula is C22H20N8O2. The van der Waals surface area contributed by atoms with Crippen molar-refractivity contribution in [2.45, 2.75) is 18.9 Å². The molecule has 32 heavy (non-hydrogen) atoms. The molecule has 4 aromatic heterocycles. The van der Waals surface area contributed by atoms with Gasteiger partial charge in [-0.2, -0.15) is 0 Å². The smallest absolute Gasteiger partial charge is 0.193 e. The highest BCUT2D eigenvalue weighted by atomic mass is 16.5. The number of tetrazole rings is 1. The second-order valence-electron chi connectivity index (χ2n) is 7.14. The Morgan fingerprint density at radius 3 is 2.56 bits per heavy atom. The summed E-state index contributed by atoms with van der Waals surface area (Å²) in [6.07, 6.45) is 5.66. The minimum Gasteiger partial charge on any atom is -0.496 e. The summed E-state index contributed by atoms with van der Waals surface area (Å²) in [5, 5.41) is 26.2. The quantitative estimate of drug-likeness (QED) is 0.421. The van der Waals surface area contributed by atoms with Crippen LogP contribution in [0, 0.1) is 0 Å². The van der Waals surface area contributed by atoms with Crippen LogP contribution in [-0.2, 0) is 12.0 Å². The normalized spacial score (nSPS) is 13.2. The van der Waals surface area contributed by atoms with Gasteiger partial charge in [0.2, 0.25) is 0 Å². The Hall–Kier alpha value is -4.18.